The number of nitrogens with zero attached hydrogens (tertiary/aromatic N) is 1. The zero-order valence-corrected chi connectivity index (χ0v) is 12.4. The van der Waals surface area contributed by atoms with Crippen molar-refractivity contribution in [1.82, 2.24) is 4.98 Å². The molecule has 0 saturated heterocycles. The number of hydrogen-bond donors (Lipinski definition) is 1. The molecule has 5 heteroatoms. The molecule has 3 aromatic rings. The molecule has 0 bridgehead atoms. The summed E-state index contributed by atoms with van der Waals surface area (Å²) in [6, 6.07) is 12.4. The molecular formula is C16H11Cl2NO2. The Morgan fingerprint density at radius 1 is 1.05 bits per heavy atom. The maximum Gasteiger partial charge on any atom is 0.153 e. The van der Waals surface area contributed by atoms with Crippen molar-refractivity contribution in [1.29, 1.82) is 0 Å². The van der Waals surface area contributed by atoms with E-state index in [2.05, 4.69) is 4.98 Å². The molecule has 0 radical (unpaired) electrons. The van der Waals surface area contributed by atoms with Gasteiger partial charge in [-0.25, -0.2) is 0 Å². The number of rotatable bonds is 3. The first kappa shape index (κ1) is 14.1. The molecule has 106 valence electrons. The Morgan fingerprint density at radius 3 is 2.67 bits per heavy atom. The minimum atomic E-state index is -0.107. The quantitative estimate of drug-likeness (QED) is 0.752. The third-order valence-electron chi connectivity index (χ3n) is 3.10. The Kier molecular flexibility index (Phi) is 3.97. The fourth-order valence-corrected chi connectivity index (χ4v) is 2.49. The van der Waals surface area contributed by atoms with E-state index in [0.29, 0.717) is 32.6 Å². The van der Waals surface area contributed by atoms with Crippen LogP contribution < -0.4 is 4.74 Å². The predicted octanol–water partition coefficient (Wildman–Crippen LogP) is 4.83. The van der Waals surface area contributed by atoms with Gasteiger partial charge in [-0.2, -0.15) is 0 Å². The molecule has 1 heterocycles. The SMILES string of the molecule is OCc1ccc(Oc2ccc(Cl)c3cccnc23)cc1Cl. The van der Waals surface area contributed by atoms with Crippen LogP contribution in [0, 0.1) is 0 Å². The van der Waals surface area contributed by atoms with Gasteiger partial charge in [0, 0.05) is 16.6 Å². The predicted molar refractivity (Wildman–Crippen MR) is 84.2 cm³/mol. The Labute approximate surface area is 131 Å². The molecule has 21 heavy (non-hydrogen) atoms. The van der Waals surface area contributed by atoms with Crippen LogP contribution in [0.15, 0.2) is 48.7 Å². The van der Waals surface area contributed by atoms with E-state index < -0.39 is 0 Å². The van der Waals surface area contributed by atoms with Gasteiger partial charge in [-0.1, -0.05) is 29.3 Å². The lowest BCUT2D eigenvalue weighted by atomic mass is 10.2. The van der Waals surface area contributed by atoms with Crippen LogP contribution >= 0.6 is 23.2 Å². The summed E-state index contributed by atoms with van der Waals surface area (Å²) >= 11 is 12.2. The Bertz CT molecular complexity index is 805. The summed E-state index contributed by atoms with van der Waals surface area (Å²) < 4.78 is 5.84. The zero-order chi connectivity index (χ0) is 14.8. The van der Waals surface area contributed by atoms with Gasteiger partial charge in [-0.15, -0.1) is 0 Å². The second kappa shape index (κ2) is 5.90. The van der Waals surface area contributed by atoms with Crippen molar-refractivity contribution in [2.24, 2.45) is 0 Å². The normalized spacial score (nSPS) is 10.8. The highest BCUT2D eigenvalue weighted by Gasteiger charge is 2.09. The highest BCUT2D eigenvalue weighted by atomic mass is 35.5. The topological polar surface area (TPSA) is 42.4 Å². The van der Waals surface area contributed by atoms with Crippen LogP contribution in [0.4, 0.5) is 0 Å². The molecule has 0 unspecified atom stereocenters. The number of ether oxygens (including phenoxy) is 1. The van der Waals surface area contributed by atoms with E-state index in [1.165, 1.54) is 0 Å². The molecule has 0 saturated carbocycles. The molecule has 0 atom stereocenters. The number of pyridine rings is 1. The van der Waals surface area contributed by atoms with Crippen molar-refractivity contribution in [3.63, 3.8) is 0 Å². The summed E-state index contributed by atoms with van der Waals surface area (Å²) in [5, 5.41) is 11.0. The second-order valence-electron chi connectivity index (χ2n) is 4.46. The van der Waals surface area contributed by atoms with Crippen molar-refractivity contribution in [3.8, 4) is 11.5 Å². The first-order valence-electron chi connectivity index (χ1n) is 6.29. The highest BCUT2D eigenvalue weighted by Crippen LogP contribution is 2.33. The van der Waals surface area contributed by atoms with Gasteiger partial charge in [0.15, 0.2) is 5.75 Å². The van der Waals surface area contributed by atoms with Gasteiger partial charge in [0.25, 0.3) is 0 Å². The highest BCUT2D eigenvalue weighted by molar-refractivity contribution is 6.35. The lowest BCUT2D eigenvalue weighted by molar-refractivity contribution is 0.282. The maximum absolute atomic E-state index is 9.12. The molecular weight excluding hydrogens is 309 g/mol. The number of hydrogen-bond acceptors (Lipinski definition) is 3. The number of benzene rings is 2. The van der Waals surface area contributed by atoms with Gasteiger partial charge in [0.1, 0.15) is 11.3 Å². The molecule has 3 rings (SSSR count). The monoisotopic (exact) mass is 319 g/mol. The minimum absolute atomic E-state index is 0.107. The molecule has 3 nitrogen and oxygen atoms in total. The number of aromatic nitrogens is 1. The van der Waals surface area contributed by atoms with E-state index in [1.807, 2.05) is 12.1 Å². The first-order valence-corrected chi connectivity index (χ1v) is 7.05. The van der Waals surface area contributed by atoms with Crippen LogP contribution in [0.25, 0.3) is 10.9 Å². The molecule has 0 aliphatic carbocycles. The van der Waals surface area contributed by atoms with Gasteiger partial charge in [-0.3, -0.25) is 4.98 Å². The smallest absolute Gasteiger partial charge is 0.153 e. The molecule has 0 spiro atoms. The van der Waals surface area contributed by atoms with Gasteiger partial charge in [0.2, 0.25) is 0 Å². The van der Waals surface area contributed by atoms with Gasteiger partial charge in [-0.05, 0) is 42.0 Å². The van der Waals surface area contributed by atoms with Crippen LogP contribution in [0.5, 0.6) is 11.5 Å². The lowest BCUT2D eigenvalue weighted by Crippen LogP contribution is -1.90. The average molecular weight is 320 g/mol. The van der Waals surface area contributed by atoms with Crippen molar-refractivity contribution < 1.29 is 9.84 Å². The molecule has 1 N–H and O–H groups in total. The van der Waals surface area contributed by atoms with Gasteiger partial charge in [0.05, 0.1) is 11.6 Å². The maximum atomic E-state index is 9.12. The summed E-state index contributed by atoms with van der Waals surface area (Å²) in [5.41, 5.74) is 1.34. The molecule has 0 aliphatic heterocycles. The average Bonchev–Trinajstić information content (AvgIpc) is 2.51. The largest absolute Gasteiger partial charge is 0.455 e. The van der Waals surface area contributed by atoms with E-state index in [4.69, 9.17) is 33.0 Å². The molecule has 0 fully saturated rings. The molecule has 2 aromatic carbocycles. The Hall–Kier alpha value is -1.81. The van der Waals surface area contributed by atoms with Crippen LogP contribution in [-0.2, 0) is 6.61 Å². The molecule has 0 amide bonds. The van der Waals surface area contributed by atoms with E-state index in [9.17, 15) is 0 Å². The summed E-state index contributed by atoms with van der Waals surface area (Å²) in [6.45, 7) is -0.107. The van der Waals surface area contributed by atoms with E-state index in [1.54, 1.807) is 36.5 Å². The van der Waals surface area contributed by atoms with Crippen LogP contribution in [0.1, 0.15) is 5.56 Å². The zero-order valence-electron chi connectivity index (χ0n) is 10.9. The van der Waals surface area contributed by atoms with Crippen molar-refractivity contribution >= 4 is 34.1 Å². The molecule has 0 aliphatic rings. The third-order valence-corrected chi connectivity index (χ3v) is 3.78. The first-order chi connectivity index (χ1) is 10.2. The van der Waals surface area contributed by atoms with Crippen molar-refractivity contribution in [3.05, 3.63) is 64.3 Å². The van der Waals surface area contributed by atoms with E-state index in [-0.39, 0.29) is 6.61 Å². The third kappa shape index (κ3) is 2.81. The number of aliphatic hydroxyl groups excluding tert-OH is 1. The van der Waals surface area contributed by atoms with Crippen LogP contribution in [-0.4, -0.2) is 10.1 Å². The van der Waals surface area contributed by atoms with Crippen molar-refractivity contribution in [2.75, 3.05) is 0 Å². The fraction of sp³-hybridized carbons (Fsp3) is 0.0625. The van der Waals surface area contributed by atoms with Crippen molar-refractivity contribution in [2.45, 2.75) is 6.61 Å². The molecule has 1 aromatic heterocycles. The number of aliphatic hydroxyl groups is 1. The van der Waals surface area contributed by atoms with Gasteiger partial charge >= 0.3 is 0 Å². The fourth-order valence-electron chi connectivity index (χ4n) is 2.04. The summed E-state index contributed by atoms with van der Waals surface area (Å²) in [6.07, 6.45) is 1.69. The number of fused-ring (bicyclic) bond motifs is 1. The van der Waals surface area contributed by atoms with Gasteiger partial charge < -0.3 is 9.84 Å². The Balaban J connectivity index is 2.02. The van der Waals surface area contributed by atoms with Crippen LogP contribution in [0.3, 0.4) is 0 Å². The Morgan fingerprint density at radius 2 is 1.90 bits per heavy atom. The number of halogens is 2. The van der Waals surface area contributed by atoms with E-state index in [0.717, 1.165) is 5.39 Å². The standard InChI is InChI=1S/C16H11Cl2NO2/c17-13-5-6-15(16-12(13)2-1-7-19-16)21-11-4-3-10(9-20)14(18)8-11/h1-8,20H,9H2. The summed E-state index contributed by atoms with van der Waals surface area (Å²) in [4.78, 5) is 4.31. The van der Waals surface area contributed by atoms with E-state index >= 15 is 0 Å². The second-order valence-corrected chi connectivity index (χ2v) is 5.27. The minimum Gasteiger partial charge on any atom is -0.455 e. The summed E-state index contributed by atoms with van der Waals surface area (Å²) in [7, 11) is 0. The summed E-state index contributed by atoms with van der Waals surface area (Å²) in [5.74, 6) is 1.18. The lowest BCUT2D eigenvalue weighted by Gasteiger charge is -2.10. The van der Waals surface area contributed by atoms with Crippen LogP contribution in [0.2, 0.25) is 10.0 Å².